The Bertz CT molecular complexity index is 796. The second-order valence-electron chi connectivity index (χ2n) is 6.32. The lowest BCUT2D eigenvalue weighted by atomic mass is 9.99. The number of benzene rings is 1. The van der Waals surface area contributed by atoms with Crippen LogP contribution >= 0.6 is 0 Å². The van der Waals surface area contributed by atoms with Gasteiger partial charge in [-0.15, -0.1) is 0 Å². The molecule has 1 fully saturated rings. The summed E-state index contributed by atoms with van der Waals surface area (Å²) < 4.78 is 79.1. The van der Waals surface area contributed by atoms with E-state index < -0.39 is 35.2 Å². The minimum Gasteiger partial charge on any atom is -0.387 e. The van der Waals surface area contributed by atoms with Crippen molar-refractivity contribution >= 4 is 10.9 Å². The third-order valence-electron chi connectivity index (χ3n) is 4.46. The number of aliphatic hydroxyl groups is 1. The first-order chi connectivity index (χ1) is 12.1. The SMILES string of the molecule is OC(CN1CCCC1)c1cc(C(F)(F)F)nc2c(C(F)(F)F)cccc12. The van der Waals surface area contributed by atoms with Crippen molar-refractivity contribution in [3.63, 3.8) is 0 Å². The van der Waals surface area contributed by atoms with Gasteiger partial charge in [-0.2, -0.15) is 26.3 Å². The monoisotopic (exact) mass is 378 g/mol. The number of aliphatic hydroxyl groups excluding tert-OH is 1. The average molecular weight is 378 g/mol. The van der Waals surface area contributed by atoms with Crippen LogP contribution in [0.15, 0.2) is 24.3 Å². The maximum atomic E-state index is 13.2. The Morgan fingerprint density at radius 2 is 1.69 bits per heavy atom. The number of aromatic nitrogens is 1. The predicted octanol–water partition coefficient (Wildman–Crippen LogP) is 4.40. The highest BCUT2D eigenvalue weighted by molar-refractivity contribution is 5.86. The molecule has 142 valence electrons. The Kier molecular flexibility index (Phi) is 4.87. The number of hydrogen-bond acceptors (Lipinski definition) is 3. The highest BCUT2D eigenvalue weighted by Crippen LogP contribution is 2.39. The fourth-order valence-corrected chi connectivity index (χ4v) is 3.23. The molecule has 1 N–H and O–H groups in total. The minimum atomic E-state index is -4.92. The van der Waals surface area contributed by atoms with Crippen LogP contribution in [0.4, 0.5) is 26.3 Å². The van der Waals surface area contributed by atoms with Crippen LogP contribution in [0.3, 0.4) is 0 Å². The van der Waals surface area contributed by atoms with Gasteiger partial charge in [-0.1, -0.05) is 12.1 Å². The van der Waals surface area contributed by atoms with Gasteiger partial charge in [0, 0.05) is 11.9 Å². The van der Waals surface area contributed by atoms with Crippen LogP contribution in [0.5, 0.6) is 0 Å². The third kappa shape index (κ3) is 3.78. The van der Waals surface area contributed by atoms with E-state index in [0.717, 1.165) is 18.9 Å². The van der Waals surface area contributed by atoms with Crippen LogP contribution in [0.25, 0.3) is 10.9 Å². The van der Waals surface area contributed by atoms with Crippen molar-refractivity contribution in [3.8, 4) is 0 Å². The number of fused-ring (bicyclic) bond motifs is 1. The van der Waals surface area contributed by atoms with Gasteiger partial charge in [0.1, 0.15) is 5.69 Å². The van der Waals surface area contributed by atoms with Gasteiger partial charge in [-0.05, 0) is 43.6 Å². The van der Waals surface area contributed by atoms with Gasteiger partial charge in [-0.3, -0.25) is 0 Å². The molecular weight excluding hydrogens is 362 g/mol. The number of β-amino-alcohol motifs (C(OH)–C–C–N with tert-alkyl or cyclic N) is 1. The summed E-state index contributed by atoms with van der Waals surface area (Å²) in [5.74, 6) is 0. The molecule has 0 saturated carbocycles. The molecular formula is C17H16F6N2O. The summed E-state index contributed by atoms with van der Waals surface area (Å²) in [6, 6.07) is 3.68. The normalized spacial score (nSPS) is 17.8. The fourth-order valence-electron chi connectivity index (χ4n) is 3.23. The van der Waals surface area contributed by atoms with E-state index in [1.54, 1.807) is 0 Å². The van der Waals surface area contributed by atoms with E-state index in [4.69, 9.17) is 0 Å². The molecule has 1 aromatic carbocycles. The first kappa shape index (κ1) is 18.9. The molecule has 0 bridgehead atoms. The molecule has 1 unspecified atom stereocenters. The second kappa shape index (κ2) is 6.70. The van der Waals surface area contributed by atoms with Gasteiger partial charge in [0.2, 0.25) is 0 Å². The zero-order valence-electron chi connectivity index (χ0n) is 13.5. The minimum absolute atomic E-state index is 0.0622. The van der Waals surface area contributed by atoms with E-state index in [0.29, 0.717) is 25.2 Å². The van der Waals surface area contributed by atoms with Gasteiger partial charge in [0.15, 0.2) is 0 Å². The van der Waals surface area contributed by atoms with Gasteiger partial charge in [-0.25, -0.2) is 4.98 Å². The molecule has 26 heavy (non-hydrogen) atoms. The van der Waals surface area contributed by atoms with Crippen LogP contribution in [0, 0.1) is 0 Å². The van der Waals surface area contributed by atoms with Crippen molar-refractivity contribution in [1.82, 2.24) is 9.88 Å². The Balaban J connectivity index is 2.16. The fraction of sp³-hybridized carbons (Fsp3) is 0.471. The molecule has 1 atom stereocenters. The zero-order valence-corrected chi connectivity index (χ0v) is 13.5. The van der Waals surface area contributed by atoms with E-state index in [2.05, 4.69) is 4.98 Å². The van der Waals surface area contributed by atoms with Gasteiger partial charge >= 0.3 is 12.4 Å². The molecule has 1 aliphatic heterocycles. The highest BCUT2D eigenvalue weighted by Gasteiger charge is 2.38. The highest BCUT2D eigenvalue weighted by atomic mass is 19.4. The molecule has 0 amide bonds. The zero-order chi connectivity index (χ0) is 19.1. The van der Waals surface area contributed by atoms with Crippen molar-refractivity contribution in [3.05, 3.63) is 41.1 Å². The van der Waals surface area contributed by atoms with E-state index in [9.17, 15) is 31.4 Å². The van der Waals surface area contributed by atoms with E-state index >= 15 is 0 Å². The Hall–Kier alpha value is -1.87. The molecule has 0 radical (unpaired) electrons. The van der Waals surface area contributed by atoms with E-state index in [-0.39, 0.29) is 17.5 Å². The van der Waals surface area contributed by atoms with Gasteiger partial charge in [0.25, 0.3) is 0 Å². The standard InChI is InChI=1S/C17H16F6N2O/c18-16(19,20)12-5-3-4-10-11(13(26)9-25-6-1-2-7-25)8-14(17(21,22)23)24-15(10)12/h3-5,8,13,26H,1-2,6-7,9H2. The summed E-state index contributed by atoms with van der Waals surface area (Å²) in [5, 5.41) is 10.3. The number of halogens is 6. The lowest BCUT2D eigenvalue weighted by Crippen LogP contribution is -2.26. The van der Waals surface area contributed by atoms with Crippen LogP contribution in [0.1, 0.15) is 35.8 Å². The lowest BCUT2D eigenvalue weighted by molar-refractivity contribution is -0.142. The summed E-state index contributed by atoms with van der Waals surface area (Å²) in [6.07, 6.45) is -9.29. The third-order valence-corrected chi connectivity index (χ3v) is 4.46. The summed E-state index contributed by atoms with van der Waals surface area (Å²) in [5.41, 5.74) is -3.70. The molecule has 9 heteroatoms. The maximum Gasteiger partial charge on any atom is 0.433 e. The molecule has 3 nitrogen and oxygen atoms in total. The van der Waals surface area contributed by atoms with Crippen LogP contribution < -0.4 is 0 Å². The maximum absolute atomic E-state index is 13.2. The van der Waals surface area contributed by atoms with Crippen molar-refractivity contribution < 1.29 is 31.4 Å². The molecule has 0 spiro atoms. The average Bonchev–Trinajstić information content (AvgIpc) is 3.04. The number of pyridine rings is 1. The largest absolute Gasteiger partial charge is 0.433 e. The van der Waals surface area contributed by atoms with E-state index in [1.807, 2.05) is 4.90 Å². The number of nitrogens with zero attached hydrogens (tertiary/aromatic N) is 2. The topological polar surface area (TPSA) is 36.4 Å². The number of para-hydroxylation sites is 1. The second-order valence-corrected chi connectivity index (χ2v) is 6.32. The Morgan fingerprint density at radius 1 is 1.04 bits per heavy atom. The first-order valence-electron chi connectivity index (χ1n) is 8.06. The number of hydrogen-bond donors (Lipinski definition) is 1. The summed E-state index contributed by atoms with van der Waals surface area (Å²) in [6.45, 7) is 1.45. The van der Waals surface area contributed by atoms with Crippen molar-refractivity contribution in [2.75, 3.05) is 19.6 Å². The van der Waals surface area contributed by atoms with Crippen molar-refractivity contribution in [2.24, 2.45) is 0 Å². The summed E-state index contributed by atoms with van der Waals surface area (Å²) in [4.78, 5) is 5.09. The molecule has 0 aliphatic carbocycles. The molecule has 2 aromatic rings. The summed E-state index contributed by atoms with van der Waals surface area (Å²) in [7, 11) is 0. The Labute approximate surface area is 145 Å². The quantitative estimate of drug-likeness (QED) is 0.805. The molecule has 1 aromatic heterocycles. The molecule has 3 rings (SSSR count). The lowest BCUT2D eigenvalue weighted by Gasteiger charge is -2.22. The van der Waals surface area contributed by atoms with Crippen LogP contribution in [-0.4, -0.2) is 34.6 Å². The molecule has 2 heterocycles. The van der Waals surface area contributed by atoms with Crippen LogP contribution in [-0.2, 0) is 12.4 Å². The van der Waals surface area contributed by atoms with Gasteiger partial charge < -0.3 is 10.0 Å². The number of alkyl halides is 6. The summed E-state index contributed by atoms with van der Waals surface area (Å²) >= 11 is 0. The van der Waals surface area contributed by atoms with Crippen LogP contribution in [0.2, 0.25) is 0 Å². The smallest absolute Gasteiger partial charge is 0.387 e. The first-order valence-corrected chi connectivity index (χ1v) is 8.06. The van der Waals surface area contributed by atoms with Crippen molar-refractivity contribution in [2.45, 2.75) is 31.3 Å². The van der Waals surface area contributed by atoms with Crippen molar-refractivity contribution in [1.29, 1.82) is 0 Å². The number of rotatable bonds is 3. The molecule has 1 saturated heterocycles. The Morgan fingerprint density at radius 3 is 2.27 bits per heavy atom. The van der Waals surface area contributed by atoms with E-state index in [1.165, 1.54) is 6.07 Å². The predicted molar refractivity (Wildman–Crippen MR) is 82.4 cm³/mol. The number of likely N-dealkylation sites (tertiary alicyclic amines) is 1. The van der Waals surface area contributed by atoms with Gasteiger partial charge in [0.05, 0.1) is 17.2 Å². The molecule has 1 aliphatic rings.